The van der Waals surface area contributed by atoms with Crippen LogP contribution in [0, 0.1) is 11.3 Å². The fourth-order valence-corrected chi connectivity index (χ4v) is 2.14. The molecule has 0 saturated heterocycles. The van der Waals surface area contributed by atoms with Crippen LogP contribution in [0.1, 0.15) is 20.8 Å². The highest BCUT2D eigenvalue weighted by atomic mass is 32.2. The number of nitrogens with one attached hydrogen (secondary N) is 1. The minimum atomic E-state index is -4.01. The van der Waals surface area contributed by atoms with Crippen LogP contribution in [0.5, 0.6) is 0 Å². The molecule has 66 valence electrons. The van der Waals surface area contributed by atoms with Crippen molar-refractivity contribution in [2.24, 2.45) is 11.3 Å². The number of rotatable bonds is 2. The molecule has 0 spiro atoms. The van der Waals surface area contributed by atoms with E-state index in [1.807, 2.05) is 20.8 Å². The zero-order valence-electron chi connectivity index (χ0n) is 6.83. The smallest absolute Gasteiger partial charge is 0.273 e. The molecule has 0 aromatic rings. The molecule has 0 amide bonds. The van der Waals surface area contributed by atoms with Gasteiger partial charge in [0.25, 0.3) is 0 Å². The van der Waals surface area contributed by atoms with Gasteiger partial charge in [0, 0.05) is 6.04 Å². The van der Waals surface area contributed by atoms with E-state index in [0.29, 0.717) is 5.92 Å². The van der Waals surface area contributed by atoms with Crippen LogP contribution < -0.4 is 4.72 Å². The van der Waals surface area contributed by atoms with Crippen molar-refractivity contribution in [3.63, 3.8) is 0 Å². The van der Waals surface area contributed by atoms with Gasteiger partial charge < -0.3 is 0 Å². The first-order valence-electron chi connectivity index (χ1n) is 3.50. The van der Waals surface area contributed by atoms with E-state index in [0.717, 1.165) is 0 Å². The highest BCUT2D eigenvalue weighted by Crippen LogP contribution is 2.51. The predicted octanol–water partition coefficient (Wildman–Crippen LogP) is 0.423. The van der Waals surface area contributed by atoms with Crippen LogP contribution >= 0.6 is 0 Å². The van der Waals surface area contributed by atoms with Crippen LogP contribution in [0.3, 0.4) is 0 Å². The molecule has 1 rings (SSSR count). The zero-order valence-corrected chi connectivity index (χ0v) is 7.64. The van der Waals surface area contributed by atoms with Crippen LogP contribution in [-0.4, -0.2) is 19.0 Å². The second-order valence-corrected chi connectivity index (χ2v) is 4.87. The van der Waals surface area contributed by atoms with Crippen LogP contribution in [0.2, 0.25) is 0 Å². The van der Waals surface area contributed by atoms with Gasteiger partial charge in [0.05, 0.1) is 0 Å². The molecule has 0 aromatic heterocycles. The van der Waals surface area contributed by atoms with E-state index >= 15 is 0 Å². The molecule has 1 fully saturated rings. The fourth-order valence-electron chi connectivity index (χ4n) is 1.31. The summed E-state index contributed by atoms with van der Waals surface area (Å²) in [7, 11) is -4.01. The topological polar surface area (TPSA) is 66.4 Å². The first kappa shape index (κ1) is 8.96. The minimum absolute atomic E-state index is 0.0181. The molecule has 4 nitrogen and oxygen atoms in total. The molecule has 2 unspecified atom stereocenters. The third kappa shape index (κ3) is 1.72. The Bertz CT molecular complexity index is 257. The van der Waals surface area contributed by atoms with Gasteiger partial charge in [-0.05, 0) is 11.3 Å². The standard InChI is InChI=1S/C6H13NO3S/c1-4-5(6(4,2)3)7-11(8,9)10/h4-5,7H,1-3H3,(H,8,9,10). The Morgan fingerprint density at radius 2 is 1.82 bits per heavy atom. The molecule has 0 aromatic carbocycles. The summed E-state index contributed by atoms with van der Waals surface area (Å²) < 4.78 is 31.3. The third-order valence-corrected chi connectivity index (χ3v) is 3.19. The second-order valence-electron chi connectivity index (χ2n) is 3.68. The quantitative estimate of drug-likeness (QED) is 0.604. The summed E-state index contributed by atoms with van der Waals surface area (Å²) in [5.74, 6) is 0.296. The van der Waals surface area contributed by atoms with Crippen molar-refractivity contribution in [3.8, 4) is 0 Å². The van der Waals surface area contributed by atoms with Crippen LogP contribution in [0.4, 0.5) is 0 Å². The SMILES string of the molecule is CC1C(NS(=O)(=O)O)C1(C)C. The van der Waals surface area contributed by atoms with Gasteiger partial charge in [-0.3, -0.25) is 4.55 Å². The van der Waals surface area contributed by atoms with Gasteiger partial charge in [-0.15, -0.1) is 0 Å². The average molecular weight is 179 g/mol. The number of hydrogen-bond acceptors (Lipinski definition) is 2. The van der Waals surface area contributed by atoms with Gasteiger partial charge in [-0.1, -0.05) is 20.8 Å². The zero-order chi connectivity index (χ0) is 8.86. The minimum Gasteiger partial charge on any atom is -0.273 e. The lowest BCUT2D eigenvalue weighted by Crippen LogP contribution is -2.27. The monoisotopic (exact) mass is 179 g/mol. The molecule has 11 heavy (non-hydrogen) atoms. The lowest BCUT2D eigenvalue weighted by Gasteiger charge is -2.01. The third-order valence-electron chi connectivity index (χ3n) is 2.64. The van der Waals surface area contributed by atoms with Crippen molar-refractivity contribution in [2.75, 3.05) is 0 Å². The van der Waals surface area contributed by atoms with E-state index in [-0.39, 0.29) is 11.5 Å². The van der Waals surface area contributed by atoms with Crippen LogP contribution in [-0.2, 0) is 10.3 Å². The predicted molar refractivity (Wildman–Crippen MR) is 41.4 cm³/mol. The normalized spacial score (nSPS) is 35.3. The molecule has 2 atom stereocenters. The summed E-state index contributed by atoms with van der Waals surface area (Å²) in [6, 6.07) is -0.113. The van der Waals surface area contributed by atoms with Crippen molar-refractivity contribution in [1.29, 1.82) is 0 Å². The Kier molecular flexibility index (Phi) is 1.78. The molecule has 5 heteroatoms. The van der Waals surface area contributed by atoms with Crippen molar-refractivity contribution in [2.45, 2.75) is 26.8 Å². The Morgan fingerprint density at radius 3 is 1.91 bits per heavy atom. The van der Waals surface area contributed by atoms with Gasteiger partial charge in [0.2, 0.25) is 0 Å². The molecule has 2 N–H and O–H groups in total. The van der Waals surface area contributed by atoms with Crippen molar-refractivity contribution < 1.29 is 13.0 Å². The molecule has 0 bridgehead atoms. The summed E-state index contributed by atoms with van der Waals surface area (Å²) >= 11 is 0. The summed E-state index contributed by atoms with van der Waals surface area (Å²) in [6.45, 7) is 5.86. The van der Waals surface area contributed by atoms with E-state index in [9.17, 15) is 8.42 Å². The summed E-state index contributed by atoms with van der Waals surface area (Å²) in [4.78, 5) is 0. The highest BCUT2D eigenvalue weighted by Gasteiger charge is 2.56. The Labute approximate surface area is 66.9 Å². The Balaban J connectivity index is 2.58. The van der Waals surface area contributed by atoms with Crippen LogP contribution in [0.15, 0.2) is 0 Å². The molecular weight excluding hydrogens is 166 g/mol. The molecule has 0 aliphatic heterocycles. The second kappa shape index (κ2) is 2.18. The summed E-state index contributed by atoms with van der Waals surface area (Å²) in [5, 5.41) is 0. The van der Waals surface area contributed by atoms with E-state index in [4.69, 9.17) is 4.55 Å². The maximum absolute atomic E-state index is 10.4. The van der Waals surface area contributed by atoms with Crippen molar-refractivity contribution in [3.05, 3.63) is 0 Å². The molecule has 0 radical (unpaired) electrons. The first-order chi connectivity index (χ1) is 4.75. The van der Waals surface area contributed by atoms with Gasteiger partial charge >= 0.3 is 10.3 Å². The summed E-state index contributed by atoms with van der Waals surface area (Å²) in [5.41, 5.74) is -0.0181. The molecule has 1 aliphatic rings. The maximum Gasteiger partial charge on any atom is 0.333 e. The van der Waals surface area contributed by atoms with E-state index in [1.165, 1.54) is 0 Å². The maximum atomic E-state index is 10.4. The Hall–Kier alpha value is -0.130. The van der Waals surface area contributed by atoms with Gasteiger partial charge in [0.15, 0.2) is 0 Å². The van der Waals surface area contributed by atoms with E-state index in [1.54, 1.807) is 0 Å². The van der Waals surface area contributed by atoms with E-state index < -0.39 is 10.3 Å². The lowest BCUT2D eigenvalue weighted by molar-refractivity contribution is 0.458. The van der Waals surface area contributed by atoms with E-state index in [2.05, 4.69) is 4.72 Å². The first-order valence-corrected chi connectivity index (χ1v) is 4.94. The summed E-state index contributed by atoms with van der Waals surface area (Å²) in [6.07, 6.45) is 0. The van der Waals surface area contributed by atoms with Crippen molar-refractivity contribution in [1.82, 2.24) is 4.72 Å². The average Bonchev–Trinajstić information content (AvgIpc) is 2.14. The molecule has 1 aliphatic carbocycles. The Morgan fingerprint density at radius 1 is 1.45 bits per heavy atom. The molecule has 1 saturated carbocycles. The lowest BCUT2D eigenvalue weighted by atomic mass is 10.1. The van der Waals surface area contributed by atoms with Gasteiger partial charge in [0.1, 0.15) is 0 Å². The molecule has 0 heterocycles. The van der Waals surface area contributed by atoms with Gasteiger partial charge in [-0.2, -0.15) is 13.1 Å². The highest BCUT2D eigenvalue weighted by molar-refractivity contribution is 7.83. The van der Waals surface area contributed by atoms with Crippen molar-refractivity contribution >= 4 is 10.3 Å². The van der Waals surface area contributed by atoms with Crippen LogP contribution in [0.25, 0.3) is 0 Å². The number of hydrogen-bond donors (Lipinski definition) is 2. The van der Waals surface area contributed by atoms with Gasteiger partial charge in [-0.25, -0.2) is 0 Å². The largest absolute Gasteiger partial charge is 0.333 e. The fraction of sp³-hybridized carbons (Fsp3) is 1.00. The molecular formula is C6H13NO3S.